The molecule has 6 heteroatoms. The van der Waals surface area contributed by atoms with E-state index in [1.165, 1.54) is 7.11 Å². The molecule has 0 unspecified atom stereocenters. The first kappa shape index (κ1) is 15.0. The first-order chi connectivity index (χ1) is 9.06. The molecule has 0 spiro atoms. The average molecular weight is 267 g/mol. The van der Waals surface area contributed by atoms with Gasteiger partial charge in [0.1, 0.15) is 6.61 Å². The Balaban J connectivity index is 2.60. The quantitative estimate of drug-likeness (QED) is 0.886. The van der Waals surface area contributed by atoms with Crippen molar-refractivity contribution in [3.63, 3.8) is 0 Å². The predicted octanol–water partition coefficient (Wildman–Crippen LogP) is 2.34. The Hall–Kier alpha value is -2.08. The van der Waals surface area contributed by atoms with E-state index in [0.29, 0.717) is 4.90 Å². The van der Waals surface area contributed by atoms with Gasteiger partial charge in [-0.05, 0) is 12.5 Å². The van der Waals surface area contributed by atoms with Crippen LogP contribution in [0, 0.1) is 0 Å². The van der Waals surface area contributed by atoms with Crippen molar-refractivity contribution < 1.29 is 24.2 Å². The first-order valence-electron chi connectivity index (χ1n) is 5.78. The molecule has 1 aromatic rings. The predicted molar refractivity (Wildman–Crippen MR) is 67.8 cm³/mol. The number of carbonyl (C=O) groups excluding carboxylic acids is 1. The van der Waals surface area contributed by atoms with E-state index in [1.54, 1.807) is 19.1 Å². The summed E-state index contributed by atoms with van der Waals surface area (Å²) in [4.78, 5) is 23.4. The van der Waals surface area contributed by atoms with Crippen LogP contribution in [-0.4, -0.2) is 42.0 Å². The van der Waals surface area contributed by atoms with E-state index >= 15 is 0 Å². The molecule has 0 saturated heterocycles. The lowest BCUT2D eigenvalue weighted by atomic mass is 10.2. The minimum atomic E-state index is -1.36. The fourth-order valence-corrected chi connectivity index (χ4v) is 1.55. The Morgan fingerprint density at radius 2 is 1.95 bits per heavy atom. The van der Waals surface area contributed by atoms with Gasteiger partial charge < -0.3 is 14.6 Å². The van der Waals surface area contributed by atoms with Crippen LogP contribution >= 0.6 is 0 Å². The van der Waals surface area contributed by atoms with Gasteiger partial charge in [0.2, 0.25) is 0 Å². The number of methoxy groups -OCH3 is 1. The molecular weight excluding hydrogens is 250 g/mol. The minimum Gasteiger partial charge on any atom is -0.465 e. The SMILES string of the molecule is COC[C@H](C)N(C(=O)O)C(=O)OCc1ccccc1. The molecule has 104 valence electrons. The molecule has 0 radical (unpaired) electrons. The number of carbonyl (C=O) groups is 2. The summed E-state index contributed by atoms with van der Waals surface area (Å²) >= 11 is 0. The van der Waals surface area contributed by atoms with Crippen LogP contribution in [0.5, 0.6) is 0 Å². The summed E-state index contributed by atoms with van der Waals surface area (Å²) in [5.41, 5.74) is 0.792. The maximum absolute atomic E-state index is 11.7. The van der Waals surface area contributed by atoms with Crippen LogP contribution in [0.3, 0.4) is 0 Å². The molecule has 0 saturated carbocycles. The van der Waals surface area contributed by atoms with Gasteiger partial charge in [-0.15, -0.1) is 0 Å². The number of ether oxygens (including phenoxy) is 2. The van der Waals surface area contributed by atoms with Crippen molar-refractivity contribution in [3.8, 4) is 0 Å². The van der Waals surface area contributed by atoms with Crippen LogP contribution < -0.4 is 0 Å². The summed E-state index contributed by atoms with van der Waals surface area (Å²) in [7, 11) is 1.44. The summed E-state index contributed by atoms with van der Waals surface area (Å²) in [5, 5.41) is 9.01. The average Bonchev–Trinajstić information content (AvgIpc) is 2.37. The molecule has 1 aromatic carbocycles. The molecule has 6 nitrogen and oxygen atoms in total. The molecule has 0 aliphatic carbocycles. The Labute approximate surface area is 111 Å². The Kier molecular flexibility index (Phi) is 5.81. The summed E-state index contributed by atoms with van der Waals surface area (Å²) in [6.07, 6.45) is -2.26. The third-order valence-electron chi connectivity index (χ3n) is 2.46. The van der Waals surface area contributed by atoms with Crippen LogP contribution in [0.4, 0.5) is 9.59 Å². The highest BCUT2D eigenvalue weighted by Gasteiger charge is 2.28. The molecule has 0 aromatic heterocycles. The number of hydrogen-bond donors (Lipinski definition) is 1. The molecular formula is C13H17NO5. The Morgan fingerprint density at radius 1 is 1.32 bits per heavy atom. The van der Waals surface area contributed by atoms with Gasteiger partial charge in [0.15, 0.2) is 0 Å². The van der Waals surface area contributed by atoms with E-state index in [-0.39, 0.29) is 13.2 Å². The lowest BCUT2D eigenvalue weighted by molar-refractivity contribution is 0.0580. The number of imide groups is 1. The maximum atomic E-state index is 11.7. The Bertz CT molecular complexity index is 420. The smallest absolute Gasteiger partial charge is 0.419 e. The van der Waals surface area contributed by atoms with Crippen LogP contribution in [-0.2, 0) is 16.1 Å². The van der Waals surface area contributed by atoms with E-state index in [4.69, 9.17) is 14.6 Å². The minimum absolute atomic E-state index is 0.0309. The van der Waals surface area contributed by atoms with E-state index in [0.717, 1.165) is 5.56 Å². The molecule has 1 atom stereocenters. The van der Waals surface area contributed by atoms with Gasteiger partial charge in [0, 0.05) is 7.11 Å². The molecule has 2 amide bonds. The van der Waals surface area contributed by atoms with Gasteiger partial charge in [-0.2, -0.15) is 0 Å². The standard InChI is InChI=1S/C13H17NO5/c1-10(8-18-2)14(12(15)16)13(17)19-9-11-6-4-3-5-7-11/h3-7,10H,8-9H2,1-2H3,(H,15,16)/t10-/m0/s1. The fourth-order valence-electron chi connectivity index (χ4n) is 1.55. The zero-order valence-corrected chi connectivity index (χ0v) is 10.9. The van der Waals surface area contributed by atoms with Crippen molar-refractivity contribution in [2.75, 3.05) is 13.7 Å². The zero-order valence-electron chi connectivity index (χ0n) is 10.9. The van der Waals surface area contributed by atoms with E-state index < -0.39 is 18.2 Å². The summed E-state index contributed by atoms with van der Waals surface area (Å²) in [6.45, 7) is 1.72. The van der Waals surface area contributed by atoms with E-state index in [2.05, 4.69) is 0 Å². The number of hydrogen-bond acceptors (Lipinski definition) is 4. The zero-order chi connectivity index (χ0) is 14.3. The van der Waals surface area contributed by atoms with Crippen LogP contribution in [0.25, 0.3) is 0 Å². The largest absolute Gasteiger partial charge is 0.465 e. The summed E-state index contributed by atoms with van der Waals surface area (Å²) in [6, 6.07) is 8.44. The number of amides is 2. The molecule has 0 fully saturated rings. The van der Waals surface area contributed by atoms with Gasteiger partial charge in [0.05, 0.1) is 12.6 Å². The van der Waals surface area contributed by atoms with Gasteiger partial charge in [-0.1, -0.05) is 30.3 Å². The van der Waals surface area contributed by atoms with Gasteiger partial charge in [-0.3, -0.25) is 0 Å². The maximum Gasteiger partial charge on any atom is 0.419 e. The van der Waals surface area contributed by atoms with Gasteiger partial charge >= 0.3 is 12.2 Å². The molecule has 0 aliphatic rings. The van der Waals surface area contributed by atoms with Crippen molar-refractivity contribution >= 4 is 12.2 Å². The second-order valence-corrected chi connectivity index (χ2v) is 4.00. The highest BCUT2D eigenvalue weighted by atomic mass is 16.6. The van der Waals surface area contributed by atoms with Crippen molar-refractivity contribution in [1.29, 1.82) is 0 Å². The normalized spacial score (nSPS) is 11.7. The van der Waals surface area contributed by atoms with Crippen LogP contribution in [0.2, 0.25) is 0 Å². The van der Waals surface area contributed by atoms with Crippen molar-refractivity contribution in [2.45, 2.75) is 19.6 Å². The fraction of sp³-hybridized carbons (Fsp3) is 0.385. The third kappa shape index (κ3) is 4.59. The molecule has 0 heterocycles. The second-order valence-electron chi connectivity index (χ2n) is 4.00. The highest BCUT2D eigenvalue weighted by molar-refractivity contribution is 5.87. The molecule has 1 rings (SSSR count). The molecule has 0 bridgehead atoms. The monoisotopic (exact) mass is 267 g/mol. The summed E-state index contributed by atoms with van der Waals surface area (Å²) < 4.78 is 9.80. The molecule has 19 heavy (non-hydrogen) atoms. The number of benzene rings is 1. The van der Waals surface area contributed by atoms with Crippen molar-refractivity contribution in [2.24, 2.45) is 0 Å². The molecule has 1 N–H and O–H groups in total. The van der Waals surface area contributed by atoms with E-state index in [9.17, 15) is 9.59 Å². The van der Waals surface area contributed by atoms with Gasteiger partial charge in [0.25, 0.3) is 0 Å². The third-order valence-corrected chi connectivity index (χ3v) is 2.46. The summed E-state index contributed by atoms with van der Waals surface area (Å²) in [5.74, 6) is 0. The lowest BCUT2D eigenvalue weighted by Crippen LogP contribution is -2.44. The number of carboxylic acid groups (broad SMARTS) is 1. The van der Waals surface area contributed by atoms with Gasteiger partial charge in [-0.25, -0.2) is 14.5 Å². The number of rotatable bonds is 5. The Morgan fingerprint density at radius 3 is 2.47 bits per heavy atom. The number of nitrogens with zero attached hydrogens (tertiary/aromatic N) is 1. The second kappa shape index (κ2) is 7.38. The van der Waals surface area contributed by atoms with Crippen LogP contribution in [0.1, 0.15) is 12.5 Å². The topological polar surface area (TPSA) is 76.1 Å². The molecule has 0 aliphatic heterocycles. The van der Waals surface area contributed by atoms with Crippen molar-refractivity contribution in [3.05, 3.63) is 35.9 Å². The van der Waals surface area contributed by atoms with Crippen LogP contribution in [0.15, 0.2) is 30.3 Å². The van der Waals surface area contributed by atoms with Crippen molar-refractivity contribution in [1.82, 2.24) is 4.90 Å². The first-order valence-corrected chi connectivity index (χ1v) is 5.78. The highest BCUT2D eigenvalue weighted by Crippen LogP contribution is 2.07. The van der Waals surface area contributed by atoms with E-state index in [1.807, 2.05) is 18.2 Å². The lowest BCUT2D eigenvalue weighted by Gasteiger charge is -2.23.